The Balaban J connectivity index is 0. The molecule has 0 aliphatic heterocycles. The van der Waals surface area contributed by atoms with Gasteiger partial charge in [0.15, 0.2) is 0 Å². The van der Waals surface area contributed by atoms with Gasteiger partial charge in [-0.05, 0) is 26.0 Å². The number of hydrogen-bond donors (Lipinski definition) is 0. The van der Waals surface area contributed by atoms with Gasteiger partial charge in [0.25, 0.3) is 6.26 Å². The fraction of sp³-hybridized carbons (Fsp3) is 0.364. The Morgan fingerprint density at radius 2 is 1.85 bits per heavy atom. The maximum Gasteiger partial charge on any atom is 0.292 e. The molecule has 2 nitrogen and oxygen atoms in total. The second-order valence-electron chi connectivity index (χ2n) is 1.77. The fourth-order valence-electron chi connectivity index (χ4n) is 0.503. The molecule has 72 valence electrons. The summed E-state index contributed by atoms with van der Waals surface area (Å²) in [7, 11) is 0. The number of nitrogens with zero attached hydrogens (tertiary/aromatic N) is 1. The molecule has 0 unspecified atom stereocenters. The van der Waals surface area contributed by atoms with Crippen LogP contribution in [-0.2, 0) is 4.74 Å². The summed E-state index contributed by atoms with van der Waals surface area (Å²) in [6.45, 7) is 7.73. The zero-order chi connectivity index (χ0) is 10.5. The Morgan fingerprint density at radius 3 is 2.23 bits per heavy atom. The summed E-state index contributed by atoms with van der Waals surface area (Å²) in [6, 6.07) is 0. The molecule has 0 aliphatic rings. The summed E-state index contributed by atoms with van der Waals surface area (Å²) in [6.07, 6.45) is 10.6. The molecule has 0 radical (unpaired) electrons. The van der Waals surface area contributed by atoms with Crippen molar-refractivity contribution < 1.29 is 4.74 Å². The summed E-state index contributed by atoms with van der Waals surface area (Å²) in [5.74, 6) is 0.561. The number of hydrogen-bond acceptors (Lipinski definition) is 2. The van der Waals surface area contributed by atoms with Crippen molar-refractivity contribution in [2.45, 2.75) is 27.7 Å². The molecular weight excluding hydrogens is 162 g/mol. The zero-order valence-electron chi connectivity index (χ0n) is 8.74. The fourth-order valence-corrected chi connectivity index (χ4v) is 0.503. The monoisotopic (exact) mass is 179 g/mol. The smallest absolute Gasteiger partial charge is 0.292 e. The topological polar surface area (TPSA) is 33.0 Å². The number of allylic oxidation sites excluding steroid dienone is 5. The van der Waals surface area contributed by atoms with Crippen molar-refractivity contribution in [3.63, 3.8) is 0 Å². The predicted octanol–water partition coefficient (Wildman–Crippen LogP) is 3.55. The second kappa shape index (κ2) is 13.1. The molecule has 13 heavy (non-hydrogen) atoms. The van der Waals surface area contributed by atoms with E-state index in [2.05, 4.69) is 4.74 Å². The van der Waals surface area contributed by atoms with E-state index >= 15 is 0 Å². The molecule has 0 saturated carbocycles. The largest absolute Gasteiger partial charge is 0.388 e. The van der Waals surface area contributed by atoms with Crippen molar-refractivity contribution in [2.75, 3.05) is 0 Å². The highest BCUT2D eigenvalue weighted by Crippen LogP contribution is 1.97. The van der Waals surface area contributed by atoms with Gasteiger partial charge in [0.05, 0.1) is 0 Å². The van der Waals surface area contributed by atoms with E-state index < -0.39 is 0 Å². The molecule has 0 spiro atoms. The highest BCUT2D eigenvalue weighted by Gasteiger charge is 1.85. The van der Waals surface area contributed by atoms with Gasteiger partial charge in [-0.2, -0.15) is 0 Å². The van der Waals surface area contributed by atoms with Gasteiger partial charge in [0.2, 0.25) is 0 Å². The molecule has 0 rings (SSSR count). The average Bonchev–Trinajstić information content (AvgIpc) is 2.20. The molecule has 0 aromatic heterocycles. The van der Waals surface area contributed by atoms with Gasteiger partial charge in [-0.25, -0.2) is 0 Å². The Kier molecular flexibility index (Phi) is 14.2. The van der Waals surface area contributed by atoms with Crippen LogP contribution in [0.25, 0.3) is 0 Å². The maximum atomic E-state index is 8.16. The summed E-state index contributed by atoms with van der Waals surface area (Å²) in [5.41, 5.74) is 0. The van der Waals surface area contributed by atoms with Crippen molar-refractivity contribution in [2.24, 2.45) is 0 Å². The van der Waals surface area contributed by atoms with Crippen LogP contribution in [0, 0.1) is 11.5 Å². The van der Waals surface area contributed by atoms with Gasteiger partial charge in [0, 0.05) is 0 Å². The van der Waals surface area contributed by atoms with Crippen LogP contribution in [0.2, 0.25) is 0 Å². The molecule has 0 fully saturated rings. The summed E-state index contributed by atoms with van der Waals surface area (Å²) in [5, 5.41) is 8.16. The Morgan fingerprint density at radius 1 is 1.23 bits per heavy atom. The van der Waals surface area contributed by atoms with Crippen LogP contribution >= 0.6 is 0 Å². The minimum atomic E-state index is 0.561. The first-order valence-electron chi connectivity index (χ1n) is 4.36. The van der Waals surface area contributed by atoms with Crippen molar-refractivity contribution in [3.05, 3.63) is 36.1 Å². The summed E-state index contributed by atoms with van der Waals surface area (Å²) >= 11 is 0. The van der Waals surface area contributed by atoms with Crippen LogP contribution in [-0.4, -0.2) is 0 Å². The van der Waals surface area contributed by atoms with Gasteiger partial charge < -0.3 is 4.74 Å². The van der Waals surface area contributed by atoms with Gasteiger partial charge in [-0.3, -0.25) is 0 Å². The van der Waals surface area contributed by atoms with Crippen LogP contribution < -0.4 is 0 Å². The van der Waals surface area contributed by atoms with E-state index in [9.17, 15) is 0 Å². The first-order chi connectivity index (χ1) is 6.35. The van der Waals surface area contributed by atoms with E-state index in [4.69, 9.17) is 5.26 Å². The minimum absolute atomic E-state index is 0.561. The molecule has 0 aromatic rings. The third-order valence-electron chi connectivity index (χ3n) is 1.01. The van der Waals surface area contributed by atoms with Crippen molar-refractivity contribution >= 4 is 0 Å². The van der Waals surface area contributed by atoms with Crippen LogP contribution in [0.1, 0.15) is 27.7 Å². The molecule has 2 heteroatoms. The van der Waals surface area contributed by atoms with Gasteiger partial charge in [-0.1, -0.05) is 32.1 Å². The first kappa shape index (κ1) is 14.1. The lowest BCUT2D eigenvalue weighted by atomic mass is 10.4. The Labute approximate surface area is 80.8 Å². The second-order valence-corrected chi connectivity index (χ2v) is 1.77. The quantitative estimate of drug-likeness (QED) is 0.377. The van der Waals surface area contributed by atoms with Gasteiger partial charge >= 0.3 is 0 Å². The normalized spacial score (nSPS) is 10.8. The third-order valence-corrected chi connectivity index (χ3v) is 1.01. The van der Waals surface area contributed by atoms with E-state index in [1.807, 2.05) is 45.9 Å². The lowest BCUT2D eigenvalue weighted by Gasteiger charge is -1.91. The van der Waals surface area contributed by atoms with Crippen molar-refractivity contribution in [3.8, 4) is 6.26 Å². The molecule has 0 atom stereocenters. The highest BCUT2D eigenvalue weighted by atomic mass is 16.5. The lowest BCUT2D eigenvalue weighted by molar-refractivity contribution is 0.392. The van der Waals surface area contributed by atoms with E-state index in [1.165, 1.54) is 0 Å². The summed E-state index contributed by atoms with van der Waals surface area (Å²) < 4.78 is 4.58. The average molecular weight is 179 g/mol. The summed E-state index contributed by atoms with van der Waals surface area (Å²) in [4.78, 5) is 0. The highest BCUT2D eigenvalue weighted by molar-refractivity contribution is 5.17. The molecule has 0 aromatic carbocycles. The van der Waals surface area contributed by atoms with Crippen LogP contribution in [0.5, 0.6) is 0 Å². The lowest BCUT2D eigenvalue weighted by Crippen LogP contribution is -1.77. The van der Waals surface area contributed by atoms with Crippen LogP contribution in [0.15, 0.2) is 36.1 Å². The van der Waals surface area contributed by atoms with Crippen molar-refractivity contribution in [1.29, 1.82) is 5.26 Å². The van der Waals surface area contributed by atoms with E-state index in [1.54, 1.807) is 18.4 Å². The van der Waals surface area contributed by atoms with E-state index in [0.29, 0.717) is 5.76 Å². The Hall–Kier alpha value is -1.49. The van der Waals surface area contributed by atoms with Crippen molar-refractivity contribution in [1.82, 2.24) is 0 Å². The predicted molar refractivity (Wildman–Crippen MR) is 55.8 cm³/mol. The maximum absolute atomic E-state index is 8.16. The van der Waals surface area contributed by atoms with E-state index in [-0.39, 0.29) is 0 Å². The van der Waals surface area contributed by atoms with Crippen LogP contribution in [0.4, 0.5) is 0 Å². The van der Waals surface area contributed by atoms with E-state index in [0.717, 1.165) is 0 Å². The van der Waals surface area contributed by atoms with Crippen LogP contribution in [0.3, 0.4) is 0 Å². The molecule has 0 bridgehead atoms. The zero-order valence-corrected chi connectivity index (χ0v) is 8.74. The molecule has 0 amide bonds. The third kappa shape index (κ3) is 10.5. The number of nitriles is 1. The SMILES string of the molecule is CC.C\C=C/C=C\C(=C/C)OC#N. The molecule has 0 N–H and O–H groups in total. The number of rotatable bonds is 3. The standard InChI is InChI=1S/C9H11NO.C2H6/c1-3-5-6-7-9(4-2)11-8-10;1-2/h3-7H,1-2H3;1-2H3/b5-3-,7-6-,9-4+;. The van der Waals surface area contributed by atoms with Gasteiger partial charge in [-0.15, -0.1) is 5.26 Å². The number of ether oxygens (including phenoxy) is 1. The molecular formula is C11H17NO. The molecule has 0 saturated heterocycles. The Bertz CT molecular complexity index is 219. The van der Waals surface area contributed by atoms with Gasteiger partial charge in [0.1, 0.15) is 5.76 Å². The molecule has 0 aliphatic carbocycles. The minimum Gasteiger partial charge on any atom is -0.388 e. The first-order valence-corrected chi connectivity index (χ1v) is 4.36. The molecule has 0 heterocycles.